The predicted molar refractivity (Wildman–Crippen MR) is 136 cm³/mol. The smallest absolute Gasteiger partial charge is 0.263 e. The minimum absolute atomic E-state index is 0.0423. The first-order chi connectivity index (χ1) is 16.4. The first kappa shape index (κ1) is 23.7. The summed E-state index contributed by atoms with van der Waals surface area (Å²) in [4.78, 5) is 17.7. The number of aromatic nitrogens is 1. The van der Waals surface area contributed by atoms with Crippen LogP contribution < -0.4 is 14.2 Å². The van der Waals surface area contributed by atoms with Gasteiger partial charge in [-0.3, -0.25) is 9.52 Å². The van der Waals surface area contributed by atoms with Crippen molar-refractivity contribution in [2.75, 3.05) is 18.9 Å². The maximum absolute atomic E-state index is 12.7. The molecule has 0 unspecified atom stereocenters. The van der Waals surface area contributed by atoms with Gasteiger partial charge in [0.1, 0.15) is 11.5 Å². The van der Waals surface area contributed by atoms with Crippen LogP contribution in [0.25, 0.3) is 16.5 Å². The Morgan fingerprint density at radius 3 is 2.38 bits per heavy atom. The number of thiazole rings is 1. The monoisotopic (exact) mass is 512 g/mol. The lowest BCUT2D eigenvalue weighted by Gasteiger charge is -2.12. The van der Waals surface area contributed by atoms with Crippen LogP contribution in [0.2, 0.25) is 0 Å². The fraction of sp³-hybridized carbons (Fsp3) is 0.0833. The largest absolute Gasteiger partial charge is 0.496 e. The molecule has 0 aliphatic rings. The number of ether oxygens (including phenoxy) is 2. The maximum atomic E-state index is 12.7. The van der Waals surface area contributed by atoms with Gasteiger partial charge in [-0.05, 0) is 53.9 Å². The normalized spacial score (nSPS) is 11.5. The number of methoxy groups -OCH3 is 2. The summed E-state index contributed by atoms with van der Waals surface area (Å²) in [5.74, 6) is 0.967. The molecule has 2 heterocycles. The Morgan fingerprint density at radius 2 is 1.76 bits per heavy atom. The number of allylic oxidation sites excluding steroid dienone is 1. The highest BCUT2D eigenvalue weighted by Crippen LogP contribution is 2.38. The van der Waals surface area contributed by atoms with E-state index in [1.165, 1.54) is 47.9 Å². The summed E-state index contributed by atoms with van der Waals surface area (Å²) in [5.41, 5.74) is 1.97. The topological polar surface area (TPSA) is 94.6 Å². The number of nitrogens with one attached hydrogen (secondary N) is 1. The van der Waals surface area contributed by atoms with E-state index in [1.54, 1.807) is 43.1 Å². The number of rotatable bonds is 9. The SMILES string of the molecule is COc1cc(OC)c(-c2cccs2)cc1C=CC(=O)c1ccc(S(=O)(=O)Nc2nccs2)cc1. The lowest BCUT2D eigenvalue weighted by atomic mass is 10.0. The number of hydrogen-bond acceptors (Lipinski definition) is 8. The third-order valence-corrected chi connectivity index (χ3v) is 7.93. The average Bonchev–Trinajstić information content (AvgIpc) is 3.56. The molecule has 0 atom stereocenters. The van der Waals surface area contributed by atoms with E-state index in [2.05, 4.69) is 9.71 Å². The van der Waals surface area contributed by atoms with Crippen molar-refractivity contribution in [1.82, 2.24) is 4.98 Å². The second-order valence-corrected chi connectivity index (χ2v) is 10.5. The van der Waals surface area contributed by atoms with E-state index in [-0.39, 0.29) is 15.8 Å². The Hall–Kier alpha value is -3.47. The predicted octanol–water partition coefficient (Wildman–Crippen LogP) is 5.59. The van der Waals surface area contributed by atoms with E-state index in [9.17, 15) is 13.2 Å². The van der Waals surface area contributed by atoms with Crippen LogP contribution in [-0.4, -0.2) is 33.4 Å². The van der Waals surface area contributed by atoms with E-state index < -0.39 is 10.0 Å². The number of thiophene rings is 1. The summed E-state index contributed by atoms with van der Waals surface area (Å²) in [6.07, 6.45) is 4.62. The van der Waals surface area contributed by atoms with Gasteiger partial charge in [0.15, 0.2) is 10.9 Å². The van der Waals surface area contributed by atoms with Crippen LogP contribution in [0, 0.1) is 0 Å². The van der Waals surface area contributed by atoms with Crippen molar-refractivity contribution in [3.05, 3.63) is 82.7 Å². The van der Waals surface area contributed by atoms with Crippen molar-refractivity contribution >= 4 is 49.7 Å². The number of carbonyl (C=O) groups is 1. The molecule has 4 rings (SSSR count). The zero-order valence-electron chi connectivity index (χ0n) is 18.2. The van der Waals surface area contributed by atoms with E-state index in [1.807, 2.05) is 23.6 Å². The number of nitrogens with zero attached hydrogens (tertiary/aromatic N) is 1. The first-order valence-corrected chi connectivity index (χ1v) is 13.2. The number of ketones is 1. The van der Waals surface area contributed by atoms with Crippen molar-refractivity contribution < 1.29 is 22.7 Å². The third kappa shape index (κ3) is 5.19. The van der Waals surface area contributed by atoms with Crippen LogP contribution in [0.1, 0.15) is 15.9 Å². The van der Waals surface area contributed by atoms with Crippen molar-refractivity contribution in [2.45, 2.75) is 4.90 Å². The number of sulfonamides is 1. The summed E-state index contributed by atoms with van der Waals surface area (Å²) in [7, 11) is -0.630. The molecule has 0 bridgehead atoms. The van der Waals surface area contributed by atoms with Crippen molar-refractivity contribution in [3.8, 4) is 21.9 Å². The minimum Gasteiger partial charge on any atom is -0.496 e. The van der Waals surface area contributed by atoms with Crippen molar-refractivity contribution in [3.63, 3.8) is 0 Å². The quantitative estimate of drug-likeness (QED) is 0.232. The second kappa shape index (κ2) is 10.2. The van der Waals surface area contributed by atoms with Gasteiger partial charge in [0.25, 0.3) is 10.0 Å². The van der Waals surface area contributed by atoms with Gasteiger partial charge in [-0.1, -0.05) is 6.07 Å². The average molecular weight is 513 g/mol. The van der Waals surface area contributed by atoms with Crippen LogP contribution in [0.3, 0.4) is 0 Å². The molecule has 2 aromatic heterocycles. The second-order valence-electron chi connectivity index (χ2n) is 6.94. The highest BCUT2D eigenvalue weighted by atomic mass is 32.2. The molecule has 174 valence electrons. The zero-order valence-corrected chi connectivity index (χ0v) is 20.7. The molecule has 0 fully saturated rings. The van der Waals surface area contributed by atoms with E-state index >= 15 is 0 Å². The van der Waals surface area contributed by atoms with Crippen LogP contribution in [0.4, 0.5) is 5.13 Å². The molecule has 4 aromatic rings. The summed E-state index contributed by atoms with van der Waals surface area (Å²) >= 11 is 2.76. The van der Waals surface area contributed by atoms with Crippen LogP contribution in [0.5, 0.6) is 11.5 Å². The minimum atomic E-state index is -3.78. The van der Waals surface area contributed by atoms with E-state index in [0.717, 1.165) is 10.4 Å². The third-order valence-electron chi connectivity index (χ3n) is 4.86. The maximum Gasteiger partial charge on any atom is 0.263 e. The highest BCUT2D eigenvalue weighted by Gasteiger charge is 2.16. The van der Waals surface area contributed by atoms with E-state index in [0.29, 0.717) is 22.6 Å². The molecule has 0 aliphatic heterocycles. The first-order valence-electron chi connectivity index (χ1n) is 9.96. The number of hydrogen-bond donors (Lipinski definition) is 1. The zero-order chi connectivity index (χ0) is 24.1. The van der Waals surface area contributed by atoms with Gasteiger partial charge in [-0.2, -0.15) is 0 Å². The Kier molecular flexibility index (Phi) is 7.11. The fourth-order valence-electron chi connectivity index (χ4n) is 3.19. The van der Waals surface area contributed by atoms with Gasteiger partial charge in [0.2, 0.25) is 0 Å². The summed E-state index contributed by atoms with van der Waals surface area (Å²) in [6.45, 7) is 0. The highest BCUT2D eigenvalue weighted by molar-refractivity contribution is 7.93. The van der Waals surface area contributed by atoms with Gasteiger partial charge in [-0.25, -0.2) is 13.4 Å². The van der Waals surface area contributed by atoms with Crippen molar-refractivity contribution in [2.24, 2.45) is 0 Å². The summed E-state index contributed by atoms with van der Waals surface area (Å²) in [6, 6.07) is 13.4. The molecule has 1 N–H and O–H groups in total. The molecule has 0 aliphatic carbocycles. The molecule has 34 heavy (non-hydrogen) atoms. The fourth-order valence-corrected chi connectivity index (χ4v) is 5.72. The summed E-state index contributed by atoms with van der Waals surface area (Å²) < 4.78 is 38.3. The molecular formula is C24H20N2O5S3. The van der Waals surface area contributed by atoms with Gasteiger partial charge in [0.05, 0.1) is 19.1 Å². The van der Waals surface area contributed by atoms with Crippen LogP contribution in [0.15, 0.2) is 76.5 Å². The molecule has 0 saturated heterocycles. The molecule has 2 aromatic carbocycles. The molecule has 0 spiro atoms. The van der Waals surface area contributed by atoms with Gasteiger partial charge in [0, 0.05) is 39.2 Å². The summed E-state index contributed by atoms with van der Waals surface area (Å²) in [5, 5.41) is 3.93. The lowest BCUT2D eigenvalue weighted by Crippen LogP contribution is -2.12. The Morgan fingerprint density at radius 1 is 1.00 bits per heavy atom. The molecule has 10 heteroatoms. The molecule has 0 amide bonds. The van der Waals surface area contributed by atoms with Gasteiger partial charge >= 0.3 is 0 Å². The standard InChI is InChI=1S/C24H20N2O5S3/c1-30-21-15-22(31-2)19(23-4-3-12-32-23)14-17(21)7-10-20(27)16-5-8-18(9-6-16)34(28,29)26-24-25-11-13-33-24/h3-15H,1-2H3,(H,25,26). The van der Waals surface area contributed by atoms with E-state index in [4.69, 9.17) is 9.47 Å². The number of benzene rings is 2. The number of anilines is 1. The Labute approximate surface area is 205 Å². The lowest BCUT2D eigenvalue weighted by molar-refractivity contribution is 0.104. The molecule has 0 radical (unpaired) electrons. The Balaban J connectivity index is 1.56. The molecule has 0 saturated carbocycles. The molecule has 7 nitrogen and oxygen atoms in total. The molecular weight excluding hydrogens is 492 g/mol. The van der Waals surface area contributed by atoms with Crippen LogP contribution in [-0.2, 0) is 10.0 Å². The Bertz CT molecular complexity index is 1410. The van der Waals surface area contributed by atoms with Crippen LogP contribution >= 0.6 is 22.7 Å². The van der Waals surface area contributed by atoms with Gasteiger partial charge in [-0.15, -0.1) is 22.7 Å². The number of carbonyl (C=O) groups excluding carboxylic acids is 1. The van der Waals surface area contributed by atoms with Crippen molar-refractivity contribution in [1.29, 1.82) is 0 Å². The van der Waals surface area contributed by atoms with Gasteiger partial charge < -0.3 is 9.47 Å².